The molecule has 1 aromatic carbocycles. The number of hydrazone groups is 1. The van der Waals surface area contributed by atoms with Gasteiger partial charge < -0.3 is 10.7 Å². The summed E-state index contributed by atoms with van der Waals surface area (Å²) in [6.45, 7) is 0. The van der Waals surface area contributed by atoms with Gasteiger partial charge in [-0.15, -0.1) is 0 Å². The van der Waals surface area contributed by atoms with E-state index in [9.17, 15) is 22.4 Å². The van der Waals surface area contributed by atoms with Crippen LogP contribution in [0.4, 0.5) is 29.1 Å². The second kappa shape index (κ2) is 9.32. The smallest absolute Gasteiger partial charge is 0.320 e. The van der Waals surface area contributed by atoms with Gasteiger partial charge in [0.25, 0.3) is 5.91 Å². The molecule has 0 atom stereocenters. The molecule has 3 rings (SSSR count). The van der Waals surface area contributed by atoms with Crippen LogP contribution in [-0.4, -0.2) is 33.1 Å². The summed E-state index contributed by atoms with van der Waals surface area (Å²) in [6, 6.07) is 4.12. The number of carbonyl (C=O) groups is 1. The number of rotatable bonds is 6. The van der Waals surface area contributed by atoms with E-state index in [0.717, 1.165) is 43.0 Å². The highest BCUT2D eigenvalue weighted by Crippen LogP contribution is 2.35. The number of alkyl halides is 3. The molecule has 0 radical (unpaired) electrons. The molecule has 14 heteroatoms. The van der Waals surface area contributed by atoms with E-state index in [0.29, 0.717) is 4.68 Å². The van der Waals surface area contributed by atoms with Gasteiger partial charge in [-0.3, -0.25) is 10.2 Å². The predicted octanol–water partition coefficient (Wildman–Crippen LogP) is 5.03. The molecular weight excluding hydrogens is 477 g/mol. The molecule has 8 nitrogen and oxygen atoms in total. The number of amides is 1. The maximum Gasteiger partial charge on any atom is 0.434 e. The Bertz CT molecular complexity index is 1210. The monoisotopic (exact) mass is 487 g/mol. The number of pyridine rings is 1. The molecule has 2 heterocycles. The van der Waals surface area contributed by atoms with Crippen molar-refractivity contribution in [1.82, 2.24) is 14.8 Å². The van der Waals surface area contributed by atoms with Gasteiger partial charge in [-0.25, -0.2) is 14.1 Å². The molecule has 0 saturated carbocycles. The molecule has 2 aromatic heterocycles. The zero-order chi connectivity index (χ0) is 23.5. The van der Waals surface area contributed by atoms with Gasteiger partial charge in [-0.1, -0.05) is 23.2 Å². The van der Waals surface area contributed by atoms with Crippen LogP contribution in [0.15, 0.2) is 41.8 Å². The van der Waals surface area contributed by atoms with Gasteiger partial charge in [0.2, 0.25) is 0 Å². The first kappa shape index (κ1) is 23.2. The lowest BCUT2D eigenvalue weighted by molar-refractivity contribution is -0.143. The van der Waals surface area contributed by atoms with Crippen molar-refractivity contribution in [3.63, 3.8) is 0 Å². The Kier molecular flexibility index (Phi) is 6.75. The van der Waals surface area contributed by atoms with E-state index in [1.54, 1.807) is 0 Å². The van der Waals surface area contributed by atoms with Gasteiger partial charge in [0.15, 0.2) is 11.5 Å². The topological polar surface area (TPSA) is 108 Å². The number of benzene rings is 1. The Labute approximate surface area is 187 Å². The average molecular weight is 488 g/mol. The Morgan fingerprint density at radius 2 is 1.94 bits per heavy atom. The first-order valence-electron chi connectivity index (χ1n) is 8.47. The van der Waals surface area contributed by atoms with Crippen molar-refractivity contribution >= 4 is 53.0 Å². The first-order valence-corrected chi connectivity index (χ1v) is 9.23. The van der Waals surface area contributed by atoms with Gasteiger partial charge in [0.1, 0.15) is 5.82 Å². The van der Waals surface area contributed by atoms with Crippen molar-refractivity contribution in [3.8, 4) is 5.69 Å². The fraction of sp³-hybridized carbons (Fsp3) is 0.0556. The summed E-state index contributed by atoms with van der Waals surface area (Å²) < 4.78 is 55.1. The number of hydrogen-bond acceptors (Lipinski definition) is 6. The molecule has 1 amide bonds. The number of hydrogen-bond donors (Lipinski definition) is 3. The van der Waals surface area contributed by atoms with Crippen LogP contribution in [0.25, 0.3) is 5.69 Å². The van der Waals surface area contributed by atoms with Gasteiger partial charge in [-0.05, 0) is 24.3 Å². The van der Waals surface area contributed by atoms with Crippen molar-refractivity contribution in [2.45, 2.75) is 6.18 Å². The Balaban J connectivity index is 1.92. The second-order valence-electron chi connectivity index (χ2n) is 5.98. The minimum atomic E-state index is -4.97. The van der Waals surface area contributed by atoms with Crippen LogP contribution in [0.1, 0.15) is 16.1 Å². The van der Waals surface area contributed by atoms with Crippen LogP contribution in [0.3, 0.4) is 0 Å². The van der Waals surface area contributed by atoms with E-state index >= 15 is 0 Å². The van der Waals surface area contributed by atoms with Crippen molar-refractivity contribution in [2.75, 3.05) is 10.7 Å². The summed E-state index contributed by atoms with van der Waals surface area (Å²) in [4.78, 5) is 16.5. The minimum absolute atomic E-state index is 0.00675. The lowest BCUT2D eigenvalue weighted by Crippen LogP contribution is -2.21. The van der Waals surface area contributed by atoms with Gasteiger partial charge in [-0.2, -0.15) is 23.4 Å². The molecule has 0 aliphatic rings. The zero-order valence-corrected chi connectivity index (χ0v) is 17.1. The molecule has 3 N–H and O–H groups in total. The third-order valence-corrected chi connectivity index (χ3v) is 4.43. The number of halogens is 6. The van der Waals surface area contributed by atoms with E-state index in [1.807, 2.05) is 0 Å². The molecule has 3 aromatic rings. The number of anilines is 2. The van der Waals surface area contributed by atoms with E-state index in [4.69, 9.17) is 28.6 Å². The third-order valence-electron chi connectivity index (χ3n) is 3.85. The molecule has 0 aliphatic carbocycles. The molecule has 0 fully saturated rings. The fourth-order valence-electron chi connectivity index (χ4n) is 2.52. The number of carbonyl (C=O) groups excluding carboxylic acids is 1. The predicted molar refractivity (Wildman–Crippen MR) is 112 cm³/mol. The highest BCUT2D eigenvalue weighted by molar-refractivity contribution is 6.33. The molecule has 0 bridgehead atoms. The van der Waals surface area contributed by atoms with E-state index < -0.39 is 34.2 Å². The second-order valence-corrected chi connectivity index (χ2v) is 6.79. The van der Waals surface area contributed by atoms with Crippen molar-refractivity contribution in [1.29, 1.82) is 5.41 Å². The van der Waals surface area contributed by atoms with Crippen molar-refractivity contribution in [3.05, 3.63) is 63.8 Å². The third kappa shape index (κ3) is 5.03. The van der Waals surface area contributed by atoms with Crippen molar-refractivity contribution in [2.24, 2.45) is 5.10 Å². The Hall–Kier alpha value is -3.51. The molecule has 0 saturated heterocycles. The quantitative estimate of drug-likeness (QED) is 0.257. The highest BCUT2D eigenvalue weighted by atomic mass is 35.5. The number of nitrogens with zero attached hydrogens (tertiary/aromatic N) is 4. The van der Waals surface area contributed by atoms with Crippen LogP contribution >= 0.6 is 23.2 Å². The molecule has 32 heavy (non-hydrogen) atoms. The van der Waals surface area contributed by atoms with E-state index in [1.165, 1.54) is 6.07 Å². The SMILES string of the molecule is N=C/C=N\Nc1ncc(NC(=O)c2cnn(-c3ccc(F)c(Cl)c3)c2C(F)(F)F)cc1Cl. The first-order chi connectivity index (χ1) is 15.1. The number of aromatic nitrogens is 3. The van der Waals surface area contributed by atoms with Gasteiger partial charge >= 0.3 is 6.18 Å². The summed E-state index contributed by atoms with van der Waals surface area (Å²) in [5, 5.41) is 15.9. The highest BCUT2D eigenvalue weighted by Gasteiger charge is 2.40. The zero-order valence-electron chi connectivity index (χ0n) is 15.6. The fourth-order valence-corrected chi connectivity index (χ4v) is 2.91. The van der Waals surface area contributed by atoms with E-state index in [2.05, 4.69) is 25.9 Å². The summed E-state index contributed by atoms with van der Waals surface area (Å²) in [7, 11) is 0. The van der Waals surface area contributed by atoms with Crippen LogP contribution in [0, 0.1) is 11.2 Å². The summed E-state index contributed by atoms with van der Waals surface area (Å²) >= 11 is 11.7. The Morgan fingerprint density at radius 3 is 2.56 bits per heavy atom. The van der Waals surface area contributed by atoms with Crippen LogP contribution in [-0.2, 0) is 6.18 Å². The normalized spacial score (nSPS) is 11.6. The average Bonchev–Trinajstić information content (AvgIpc) is 3.18. The largest absolute Gasteiger partial charge is 0.434 e. The maximum atomic E-state index is 13.8. The lowest BCUT2D eigenvalue weighted by atomic mass is 10.2. The van der Waals surface area contributed by atoms with Crippen LogP contribution in [0.5, 0.6) is 0 Å². The minimum Gasteiger partial charge on any atom is -0.320 e. The van der Waals surface area contributed by atoms with Gasteiger partial charge in [0, 0.05) is 6.21 Å². The van der Waals surface area contributed by atoms with Crippen LogP contribution < -0.4 is 10.7 Å². The molecular formula is C18H11Cl2F4N7O. The maximum absolute atomic E-state index is 13.8. The summed E-state index contributed by atoms with van der Waals surface area (Å²) in [5.74, 6) is -1.85. The molecule has 0 unspecified atom stereocenters. The molecule has 0 spiro atoms. The lowest BCUT2D eigenvalue weighted by Gasteiger charge is -2.13. The van der Waals surface area contributed by atoms with Gasteiger partial charge in [0.05, 0.1) is 45.6 Å². The van der Waals surface area contributed by atoms with Crippen LogP contribution in [0.2, 0.25) is 10.0 Å². The standard InChI is InChI=1S/C18H11Cl2F4N7O/c19-12-6-10(1-2-14(12)21)31-15(18(22,23)24)11(8-28-31)17(32)29-9-5-13(20)16(26-7-9)30-27-4-3-25/h1-8,25H,(H,26,30)(H,29,32)/b25-3?,27-4-. The summed E-state index contributed by atoms with van der Waals surface area (Å²) in [5.41, 5.74) is 0.104. The molecule has 166 valence electrons. The summed E-state index contributed by atoms with van der Waals surface area (Å²) in [6.07, 6.45) is -1.07. The Morgan fingerprint density at radius 1 is 1.19 bits per heavy atom. The van der Waals surface area contributed by atoms with Crippen molar-refractivity contribution < 1.29 is 22.4 Å². The molecule has 0 aliphatic heterocycles. The number of nitrogens with one attached hydrogen (secondary N) is 3. The van der Waals surface area contributed by atoms with E-state index in [-0.39, 0.29) is 22.2 Å².